The van der Waals surface area contributed by atoms with Gasteiger partial charge in [-0.2, -0.15) is 0 Å². The van der Waals surface area contributed by atoms with Crippen molar-refractivity contribution in [1.82, 2.24) is 10.2 Å². The minimum atomic E-state index is -0.501. The second kappa shape index (κ2) is 9.11. The van der Waals surface area contributed by atoms with Crippen molar-refractivity contribution in [2.24, 2.45) is 5.92 Å². The smallest absolute Gasteiger partial charge is 0.130 e. The van der Waals surface area contributed by atoms with E-state index in [1.807, 2.05) is 12.1 Å². The molecular weight excluding hydrogens is 385 g/mol. The molecule has 0 bridgehead atoms. The maximum atomic E-state index is 14.6. The van der Waals surface area contributed by atoms with Crippen LogP contribution in [0.25, 0.3) is 0 Å². The predicted octanol–water partition coefficient (Wildman–Crippen LogP) is 5.55. The van der Waals surface area contributed by atoms with Crippen molar-refractivity contribution >= 4 is 0 Å². The first-order valence-electron chi connectivity index (χ1n) is 11.1. The zero-order chi connectivity index (χ0) is 21.1. The fraction of sp³-hybridized carbons (Fsp3) is 0.520. The largest absolute Gasteiger partial charge is 0.306 e. The average molecular weight is 417 g/mol. The van der Waals surface area contributed by atoms with Crippen LogP contribution in [0.4, 0.5) is 13.2 Å². The third-order valence-electron chi connectivity index (χ3n) is 7.03. The molecule has 1 saturated heterocycles. The number of rotatable bonds is 6. The lowest BCUT2D eigenvalue weighted by molar-refractivity contribution is 0.218. The standard InChI is InChI=1S/C25H31F3N2/c1-30-12-8-18(9-13-30)14-19-15-20(24(28)16-23(19)27)17-29-25(10-2-3-11-25)21-4-6-22(26)7-5-21/h4-7,15-16,18,29H,2-3,8-14,17H2,1H3. The molecule has 0 aromatic heterocycles. The van der Waals surface area contributed by atoms with Crippen LogP contribution in [0.2, 0.25) is 0 Å². The van der Waals surface area contributed by atoms with E-state index in [4.69, 9.17) is 0 Å². The van der Waals surface area contributed by atoms with Crippen molar-refractivity contribution < 1.29 is 13.2 Å². The van der Waals surface area contributed by atoms with Crippen LogP contribution >= 0.6 is 0 Å². The van der Waals surface area contributed by atoms with Crippen molar-refractivity contribution in [3.05, 3.63) is 70.5 Å². The van der Waals surface area contributed by atoms with Crippen LogP contribution in [-0.2, 0) is 18.5 Å². The summed E-state index contributed by atoms with van der Waals surface area (Å²) in [5.74, 6) is -0.749. The van der Waals surface area contributed by atoms with E-state index in [2.05, 4.69) is 17.3 Å². The number of nitrogens with one attached hydrogen (secondary N) is 1. The number of likely N-dealkylation sites (tertiary alicyclic amines) is 1. The highest BCUT2D eigenvalue weighted by Gasteiger charge is 2.35. The molecule has 0 amide bonds. The first-order chi connectivity index (χ1) is 14.4. The Bertz CT molecular complexity index is 851. The van der Waals surface area contributed by atoms with Crippen LogP contribution < -0.4 is 5.32 Å². The lowest BCUT2D eigenvalue weighted by atomic mass is 9.87. The van der Waals surface area contributed by atoms with Crippen molar-refractivity contribution in [3.63, 3.8) is 0 Å². The molecule has 1 saturated carbocycles. The molecule has 2 aromatic carbocycles. The summed E-state index contributed by atoms with van der Waals surface area (Å²) >= 11 is 0. The summed E-state index contributed by atoms with van der Waals surface area (Å²) in [5, 5.41) is 3.55. The Balaban J connectivity index is 1.50. The molecule has 1 heterocycles. The van der Waals surface area contributed by atoms with Crippen molar-refractivity contribution in [3.8, 4) is 0 Å². The van der Waals surface area contributed by atoms with Gasteiger partial charge in [0.1, 0.15) is 17.5 Å². The summed E-state index contributed by atoms with van der Waals surface area (Å²) in [7, 11) is 2.11. The van der Waals surface area contributed by atoms with Gasteiger partial charge >= 0.3 is 0 Å². The lowest BCUT2D eigenvalue weighted by Gasteiger charge is -2.32. The zero-order valence-corrected chi connectivity index (χ0v) is 17.7. The van der Waals surface area contributed by atoms with Gasteiger partial charge in [-0.05, 0) is 87.5 Å². The molecule has 30 heavy (non-hydrogen) atoms. The van der Waals surface area contributed by atoms with Crippen LogP contribution in [0.3, 0.4) is 0 Å². The molecule has 5 heteroatoms. The van der Waals surface area contributed by atoms with E-state index in [0.717, 1.165) is 63.2 Å². The number of nitrogens with zero attached hydrogens (tertiary/aromatic N) is 1. The summed E-state index contributed by atoms with van der Waals surface area (Å²) in [6.45, 7) is 2.40. The highest BCUT2D eigenvalue weighted by Crippen LogP contribution is 2.39. The molecule has 2 fully saturated rings. The van der Waals surface area contributed by atoms with Crippen LogP contribution in [0.5, 0.6) is 0 Å². The fourth-order valence-electron chi connectivity index (χ4n) is 5.09. The Morgan fingerprint density at radius 3 is 2.23 bits per heavy atom. The van der Waals surface area contributed by atoms with Gasteiger partial charge in [0, 0.05) is 23.7 Å². The average Bonchev–Trinajstić information content (AvgIpc) is 3.21. The number of benzene rings is 2. The van der Waals surface area contributed by atoms with Crippen LogP contribution in [0.15, 0.2) is 36.4 Å². The van der Waals surface area contributed by atoms with Crippen LogP contribution in [0.1, 0.15) is 55.2 Å². The summed E-state index contributed by atoms with van der Waals surface area (Å²) in [6, 6.07) is 9.36. The molecule has 2 nitrogen and oxygen atoms in total. The number of hydrogen-bond acceptors (Lipinski definition) is 2. The molecular formula is C25H31F3N2. The summed E-state index contributed by atoms with van der Waals surface area (Å²) in [5.41, 5.74) is 1.89. The third-order valence-corrected chi connectivity index (χ3v) is 7.03. The maximum Gasteiger partial charge on any atom is 0.130 e. The molecule has 1 aliphatic heterocycles. The summed E-state index contributed by atoms with van der Waals surface area (Å²) < 4.78 is 42.4. The number of halogens is 3. The topological polar surface area (TPSA) is 15.3 Å². The Labute approximate surface area is 177 Å². The van der Waals surface area contributed by atoms with Gasteiger partial charge in [0.25, 0.3) is 0 Å². The first kappa shape index (κ1) is 21.4. The van der Waals surface area contributed by atoms with Gasteiger partial charge in [-0.1, -0.05) is 25.0 Å². The van der Waals surface area contributed by atoms with E-state index in [1.165, 1.54) is 12.1 Å². The van der Waals surface area contributed by atoms with Gasteiger partial charge in [-0.25, -0.2) is 13.2 Å². The van der Waals surface area contributed by atoms with Gasteiger partial charge in [-0.3, -0.25) is 0 Å². The minimum absolute atomic E-state index is 0.255. The highest BCUT2D eigenvalue weighted by molar-refractivity contribution is 5.30. The Hall–Kier alpha value is -1.85. The van der Waals surface area contributed by atoms with Crippen LogP contribution in [-0.4, -0.2) is 25.0 Å². The molecule has 1 N–H and O–H groups in total. The van der Waals surface area contributed by atoms with Crippen molar-refractivity contribution in [2.75, 3.05) is 20.1 Å². The zero-order valence-electron chi connectivity index (χ0n) is 17.7. The fourth-order valence-corrected chi connectivity index (χ4v) is 5.09. The minimum Gasteiger partial charge on any atom is -0.306 e. The Morgan fingerprint density at radius 2 is 1.57 bits per heavy atom. The monoisotopic (exact) mass is 416 g/mol. The molecule has 2 aromatic rings. The van der Waals surface area contributed by atoms with Gasteiger partial charge < -0.3 is 10.2 Å². The molecule has 2 aliphatic rings. The summed E-state index contributed by atoms with van der Waals surface area (Å²) in [6.07, 6.45) is 6.79. The number of hydrogen-bond donors (Lipinski definition) is 1. The molecule has 4 rings (SSSR count). The van der Waals surface area contributed by atoms with E-state index in [-0.39, 0.29) is 11.4 Å². The first-order valence-corrected chi connectivity index (χ1v) is 11.1. The second-order valence-electron chi connectivity index (χ2n) is 9.14. The van der Waals surface area contributed by atoms with Crippen molar-refractivity contribution in [1.29, 1.82) is 0 Å². The van der Waals surface area contributed by atoms with Gasteiger partial charge in [-0.15, -0.1) is 0 Å². The van der Waals surface area contributed by atoms with Gasteiger partial charge in [0.2, 0.25) is 0 Å². The molecule has 0 unspecified atom stereocenters. The van der Waals surface area contributed by atoms with Gasteiger partial charge in [0.15, 0.2) is 0 Å². The summed E-state index contributed by atoms with van der Waals surface area (Å²) in [4.78, 5) is 2.30. The van der Waals surface area contributed by atoms with Crippen molar-refractivity contribution in [2.45, 2.75) is 57.0 Å². The normalized spacial score (nSPS) is 20.0. The molecule has 0 radical (unpaired) electrons. The van der Waals surface area contributed by atoms with E-state index >= 15 is 0 Å². The van der Waals surface area contributed by atoms with E-state index in [0.29, 0.717) is 30.0 Å². The molecule has 0 atom stereocenters. The van der Waals surface area contributed by atoms with Gasteiger partial charge in [0.05, 0.1) is 0 Å². The third kappa shape index (κ3) is 4.73. The predicted molar refractivity (Wildman–Crippen MR) is 114 cm³/mol. The number of piperidine rings is 1. The molecule has 0 spiro atoms. The molecule has 162 valence electrons. The second-order valence-corrected chi connectivity index (χ2v) is 9.14. The quantitative estimate of drug-likeness (QED) is 0.664. The van der Waals surface area contributed by atoms with E-state index < -0.39 is 11.6 Å². The SMILES string of the molecule is CN1CCC(Cc2cc(CNC3(c4ccc(F)cc4)CCCC3)c(F)cc2F)CC1. The van der Waals surface area contributed by atoms with E-state index in [1.54, 1.807) is 6.07 Å². The maximum absolute atomic E-state index is 14.6. The lowest BCUT2D eigenvalue weighted by Crippen LogP contribution is -2.39. The van der Waals surface area contributed by atoms with Crippen LogP contribution in [0, 0.1) is 23.4 Å². The highest BCUT2D eigenvalue weighted by atomic mass is 19.1. The van der Waals surface area contributed by atoms with E-state index in [9.17, 15) is 13.2 Å². The Kier molecular flexibility index (Phi) is 6.49. The Morgan fingerprint density at radius 1 is 0.933 bits per heavy atom. The molecule has 1 aliphatic carbocycles.